The molecule has 0 fully saturated rings. The summed E-state index contributed by atoms with van der Waals surface area (Å²) in [6, 6.07) is 2.02. The quantitative estimate of drug-likeness (QED) is 0.617. The van der Waals surface area contributed by atoms with E-state index >= 15 is 0 Å². The van der Waals surface area contributed by atoms with Gasteiger partial charge in [-0.15, -0.1) is 11.6 Å². The van der Waals surface area contributed by atoms with Crippen LogP contribution in [0.25, 0.3) is 0 Å². The zero-order valence-corrected chi connectivity index (χ0v) is 8.68. The molecule has 0 unspecified atom stereocenters. The largest absolute Gasteiger partial charge is 0.341 e. The lowest BCUT2D eigenvalue weighted by Gasteiger charge is -2.19. The van der Waals surface area contributed by atoms with Crippen molar-refractivity contribution in [3.63, 3.8) is 0 Å². The molecule has 4 heteroatoms. The summed E-state index contributed by atoms with van der Waals surface area (Å²) in [7, 11) is 0. The number of carbonyl (C=O) groups is 1. The van der Waals surface area contributed by atoms with Gasteiger partial charge in [0.05, 0.1) is 12.5 Å². The summed E-state index contributed by atoms with van der Waals surface area (Å²) in [4.78, 5) is 12.9. The van der Waals surface area contributed by atoms with Crippen molar-refractivity contribution >= 4 is 17.5 Å². The van der Waals surface area contributed by atoms with Crippen LogP contribution in [-0.2, 0) is 4.79 Å². The van der Waals surface area contributed by atoms with Gasteiger partial charge in [-0.3, -0.25) is 4.79 Å². The lowest BCUT2D eigenvalue weighted by molar-refractivity contribution is -0.128. The summed E-state index contributed by atoms with van der Waals surface area (Å²) in [5, 5.41) is 8.37. The van der Waals surface area contributed by atoms with E-state index < -0.39 is 0 Å². The van der Waals surface area contributed by atoms with Gasteiger partial charge >= 0.3 is 0 Å². The Morgan fingerprint density at radius 3 is 2.69 bits per heavy atom. The summed E-state index contributed by atoms with van der Waals surface area (Å²) < 4.78 is 0. The van der Waals surface area contributed by atoms with Gasteiger partial charge in [-0.05, 0) is 6.42 Å². The van der Waals surface area contributed by atoms with Crippen molar-refractivity contribution in [3.05, 3.63) is 0 Å². The van der Waals surface area contributed by atoms with E-state index in [0.717, 1.165) is 12.8 Å². The lowest BCUT2D eigenvalue weighted by Crippen LogP contribution is -2.33. The van der Waals surface area contributed by atoms with E-state index in [0.29, 0.717) is 19.5 Å². The maximum Gasteiger partial charge on any atom is 0.237 e. The van der Waals surface area contributed by atoms with Gasteiger partial charge in [0.1, 0.15) is 5.88 Å². The number of nitrogens with zero attached hydrogens (tertiary/aromatic N) is 2. The zero-order chi connectivity index (χ0) is 10.1. The van der Waals surface area contributed by atoms with Crippen molar-refractivity contribution < 1.29 is 4.79 Å². The Morgan fingerprint density at radius 2 is 2.23 bits per heavy atom. The summed E-state index contributed by atoms with van der Waals surface area (Å²) >= 11 is 5.43. The highest BCUT2D eigenvalue weighted by Crippen LogP contribution is 1.98. The number of rotatable bonds is 6. The standard InChI is InChI=1S/C9H15ClN2O/c1-2-3-6-12(7-4-5-11)9(13)8-10/h2-4,6-8H2,1H3. The number of nitriles is 1. The molecule has 0 aromatic carbocycles. The number of halogens is 1. The molecule has 0 radical (unpaired) electrons. The maximum atomic E-state index is 11.2. The zero-order valence-electron chi connectivity index (χ0n) is 7.92. The van der Waals surface area contributed by atoms with Crippen molar-refractivity contribution in [3.8, 4) is 6.07 Å². The first-order chi connectivity index (χ1) is 6.26. The van der Waals surface area contributed by atoms with E-state index in [9.17, 15) is 4.79 Å². The van der Waals surface area contributed by atoms with Crippen LogP contribution in [0.5, 0.6) is 0 Å². The predicted molar refractivity (Wildman–Crippen MR) is 52.4 cm³/mol. The molecule has 0 N–H and O–H groups in total. The van der Waals surface area contributed by atoms with Gasteiger partial charge in [-0.25, -0.2) is 0 Å². The van der Waals surface area contributed by atoms with E-state index in [1.54, 1.807) is 4.90 Å². The highest BCUT2D eigenvalue weighted by Gasteiger charge is 2.10. The first kappa shape index (κ1) is 12.2. The van der Waals surface area contributed by atoms with Gasteiger partial charge in [-0.1, -0.05) is 13.3 Å². The monoisotopic (exact) mass is 202 g/mol. The van der Waals surface area contributed by atoms with Crippen molar-refractivity contribution in [2.45, 2.75) is 26.2 Å². The average molecular weight is 203 g/mol. The minimum absolute atomic E-state index is 0.00907. The molecule has 1 amide bonds. The van der Waals surface area contributed by atoms with E-state index in [-0.39, 0.29) is 11.8 Å². The van der Waals surface area contributed by atoms with E-state index in [4.69, 9.17) is 16.9 Å². The van der Waals surface area contributed by atoms with Gasteiger partial charge in [0.15, 0.2) is 0 Å². The van der Waals surface area contributed by atoms with Gasteiger partial charge in [0.2, 0.25) is 5.91 Å². The minimum Gasteiger partial charge on any atom is -0.341 e. The minimum atomic E-state index is -0.0784. The summed E-state index contributed by atoms with van der Waals surface area (Å²) in [5.74, 6) is -0.0693. The smallest absolute Gasteiger partial charge is 0.237 e. The van der Waals surface area contributed by atoms with Gasteiger partial charge in [0, 0.05) is 13.1 Å². The van der Waals surface area contributed by atoms with Crippen LogP contribution in [-0.4, -0.2) is 29.8 Å². The van der Waals surface area contributed by atoms with E-state index in [1.165, 1.54) is 0 Å². The highest BCUT2D eigenvalue weighted by atomic mass is 35.5. The van der Waals surface area contributed by atoms with Crippen LogP contribution in [0.2, 0.25) is 0 Å². The molecule has 0 spiro atoms. The fraction of sp³-hybridized carbons (Fsp3) is 0.778. The second kappa shape index (κ2) is 7.88. The van der Waals surface area contributed by atoms with Crippen LogP contribution < -0.4 is 0 Å². The molecule has 3 nitrogen and oxygen atoms in total. The third-order valence-electron chi connectivity index (χ3n) is 1.74. The van der Waals surface area contributed by atoms with Crippen LogP contribution in [0.3, 0.4) is 0 Å². The fourth-order valence-corrected chi connectivity index (χ4v) is 1.15. The summed E-state index contributed by atoms with van der Waals surface area (Å²) in [6.45, 7) is 3.28. The average Bonchev–Trinajstić information content (AvgIpc) is 2.17. The first-order valence-corrected chi connectivity index (χ1v) is 5.00. The summed E-state index contributed by atoms with van der Waals surface area (Å²) in [5.41, 5.74) is 0. The molecule has 13 heavy (non-hydrogen) atoms. The molecular formula is C9H15ClN2O. The molecule has 0 aliphatic carbocycles. The Bertz CT molecular complexity index is 189. The van der Waals surface area contributed by atoms with Crippen LogP contribution >= 0.6 is 11.6 Å². The fourth-order valence-electron chi connectivity index (χ4n) is 0.980. The van der Waals surface area contributed by atoms with Gasteiger partial charge in [-0.2, -0.15) is 5.26 Å². The second-order valence-electron chi connectivity index (χ2n) is 2.78. The van der Waals surface area contributed by atoms with Crippen LogP contribution in [0, 0.1) is 11.3 Å². The van der Waals surface area contributed by atoms with E-state index in [2.05, 4.69) is 6.92 Å². The third kappa shape index (κ3) is 5.48. The Morgan fingerprint density at radius 1 is 1.54 bits per heavy atom. The lowest BCUT2D eigenvalue weighted by atomic mass is 10.3. The van der Waals surface area contributed by atoms with Crippen molar-refractivity contribution in [2.75, 3.05) is 19.0 Å². The number of hydrogen-bond donors (Lipinski definition) is 0. The summed E-state index contributed by atoms with van der Waals surface area (Å²) in [6.07, 6.45) is 2.39. The molecule has 0 rings (SSSR count). The topological polar surface area (TPSA) is 44.1 Å². The Labute approximate surface area is 84.3 Å². The first-order valence-electron chi connectivity index (χ1n) is 4.47. The van der Waals surface area contributed by atoms with Crippen LogP contribution in [0.4, 0.5) is 0 Å². The molecule has 0 atom stereocenters. The number of unbranched alkanes of at least 4 members (excludes halogenated alkanes) is 1. The molecular weight excluding hydrogens is 188 g/mol. The predicted octanol–water partition coefficient (Wildman–Crippen LogP) is 1.77. The highest BCUT2D eigenvalue weighted by molar-refractivity contribution is 6.27. The van der Waals surface area contributed by atoms with Crippen LogP contribution in [0.1, 0.15) is 26.2 Å². The molecule has 0 bridgehead atoms. The molecule has 0 aromatic heterocycles. The van der Waals surface area contributed by atoms with E-state index in [1.807, 2.05) is 6.07 Å². The third-order valence-corrected chi connectivity index (χ3v) is 1.97. The van der Waals surface area contributed by atoms with Crippen molar-refractivity contribution in [2.24, 2.45) is 0 Å². The Kier molecular flexibility index (Phi) is 7.42. The molecule has 0 aromatic rings. The van der Waals surface area contributed by atoms with Crippen LogP contribution in [0.15, 0.2) is 0 Å². The Balaban J connectivity index is 3.88. The number of carbonyl (C=O) groups excluding carboxylic acids is 1. The van der Waals surface area contributed by atoms with Crippen molar-refractivity contribution in [1.29, 1.82) is 5.26 Å². The molecule has 0 aliphatic heterocycles. The maximum absolute atomic E-state index is 11.2. The molecule has 74 valence electrons. The number of amides is 1. The Hall–Kier alpha value is -0.750. The number of alkyl halides is 1. The van der Waals surface area contributed by atoms with Crippen molar-refractivity contribution in [1.82, 2.24) is 4.90 Å². The SMILES string of the molecule is CCCCN(CCC#N)C(=O)CCl. The van der Waals surface area contributed by atoms with Gasteiger partial charge in [0.25, 0.3) is 0 Å². The van der Waals surface area contributed by atoms with Gasteiger partial charge < -0.3 is 4.90 Å². The molecule has 0 saturated carbocycles. The molecule has 0 aliphatic rings. The molecule has 0 saturated heterocycles. The number of hydrogen-bond acceptors (Lipinski definition) is 2. The normalized spacial score (nSPS) is 9.31. The second-order valence-corrected chi connectivity index (χ2v) is 3.04. The molecule has 0 heterocycles.